The van der Waals surface area contributed by atoms with Gasteiger partial charge in [0, 0.05) is 6.54 Å². The van der Waals surface area contributed by atoms with Crippen LogP contribution in [-0.4, -0.2) is 0 Å². The molecule has 0 amide bonds. The van der Waals surface area contributed by atoms with Crippen molar-refractivity contribution in [3.05, 3.63) is 64.2 Å². The Hall–Kier alpha value is -1.80. The fourth-order valence-corrected chi connectivity index (χ4v) is 3.01. The van der Waals surface area contributed by atoms with E-state index in [-0.39, 0.29) is 0 Å². The van der Waals surface area contributed by atoms with Crippen LogP contribution < -0.4 is 10.5 Å². The van der Waals surface area contributed by atoms with Crippen LogP contribution in [0, 0.1) is 6.92 Å². The van der Waals surface area contributed by atoms with Crippen LogP contribution in [-0.2, 0) is 26.0 Å². The van der Waals surface area contributed by atoms with Crippen LogP contribution >= 0.6 is 0 Å². The minimum Gasteiger partial charge on any atom is -0.489 e. The van der Waals surface area contributed by atoms with Gasteiger partial charge in [-0.25, -0.2) is 0 Å². The maximum Gasteiger partial charge on any atom is 0.120 e. The first kappa shape index (κ1) is 14.2. The number of nitrogens with two attached hydrogens (primary N) is 1. The van der Waals surface area contributed by atoms with Crippen LogP contribution in [0.5, 0.6) is 5.75 Å². The van der Waals surface area contributed by atoms with Crippen molar-refractivity contribution in [3.8, 4) is 5.75 Å². The van der Waals surface area contributed by atoms with Gasteiger partial charge in [0.2, 0.25) is 0 Å². The number of ether oxygens (including phenoxy) is 1. The van der Waals surface area contributed by atoms with Crippen molar-refractivity contribution in [2.75, 3.05) is 0 Å². The van der Waals surface area contributed by atoms with Gasteiger partial charge in [-0.15, -0.1) is 0 Å². The largest absolute Gasteiger partial charge is 0.489 e. The third kappa shape index (κ3) is 3.27. The van der Waals surface area contributed by atoms with Crippen LogP contribution in [0.3, 0.4) is 0 Å². The average Bonchev–Trinajstić information content (AvgIpc) is 2.53. The minimum atomic E-state index is 0.590. The SMILES string of the molecule is Cc1cc(CN)ccc1COc1ccc2c(c1)CCCC2. The van der Waals surface area contributed by atoms with Gasteiger partial charge in [0.1, 0.15) is 12.4 Å². The molecule has 2 heteroatoms. The van der Waals surface area contributed by atoms with E-state index in [0.717, 1.165) is 5.75 Å². The molecule has 0 saturated carbocycles. The van der Waals surface area contributed by atoms with Gasteiger partial charge < -0.3 is 10.5 Å². The van der Waals surface area contributed by atoms with E-state index in [1.54, 1.807) is 0 Å². The zero-order chi connectivity index (χ0) is 14.7. The van der Waals surface area contributed by atoms with Gasteiger partial charge >= 0.3 is 0 Å². The predicted molar refractivity (Wildman–Crippen MR) is 86.5 cm³/mol. The number of fused-ring (bicyclic) bond motifs is 1. The summed E-state index contributed by atoms with van der Waals surface area (Å²) in [5.41, 5.74) is 12.3. The smallest absolute Gasteiger partial charge is 0.120 e. The van der Waals surface area contributed by atoms with Crippen molar-refractivity contribution in [3.63, 3.8) is 0 Å². The quantitative estimate of drug-likeness (QED) is 0.922. The number of aryl methyl sites for hydroxylation is 3. The molecule has 1 aliphatic carbocycles. The molecule has 21 heavy (non-hydrogen) atoms. The highest BCUT2D eigenvalue weighted by Gasteiger charge is 2.10. The summed E-state index contributed by atoms with van der Waals surface area (Å²) in [6.07, 6.45) is 5.03. The Balaban J connectivity index is 1.70. The van der Waals surface area contributed by atoms with Crippen LogP contribution in [0.15, 0.2) is 36.4 Å². The molecule has 2 aromatic rings. The van der Waals surface area contributed by atoms with Gasteiger partial charge in [0.05, 0.1) is 0 Å². The van der Waals surface area contributed by atoms with Crippen molar-refractivity contribution in [2.45, 2.75) is 45.8 Å². The van der Waals surface area contributed by atoms with Gasteiger partial charge in [0.25, 0.3) is 0 Å². The van der Waals surface area contributed by atoms with E-state index >= 15 is 0 Å². The summed E-state index contributed by atoms with van der Waals surface area (Å²) < 4.78 is 5.98. The molecule has 2 nitrogen and oxygen atoms in total. The van der Waals surface area contributed by atoms with E-state index in [9.17, 15) is 0 Å². The molecule has 110 valence electrons. The molecule has 0 atom stereocenters. The highest BCUT2D eigenvalue weighted by Crippen LogP contribution is 2.26. The van der Waals surface area contributed by atoms with Crippen molar-refractivity contribution < 1.29 is 4.74 Å². The van der Waals surface area contributed by atoms with Crippen LogP contribution in [0.25, 0.3) is 0 Å². The highest BCUT2D eigenvalue weighted by molar-refractivity contribution is 5.37. The topological polar surface area (TPSA) is 35.2 Å². The van der Waals surface area contributed by atoms with Crippen molar-refractivity contribution in [1.82, 2.24) is 0 Å². The Morgan fingerprint density at radius 3 is 2.57 bits per heavy atom. The van der Waals surface area contributed by atoms with E-state index in [1.807, 2.05) is 0 Å². The number of rotatable bonds is 4. The molecule has 0 spiro atoms. The summed E-state index contributed by atoms with van der Waals surface area (Å²) >= 11 is 0. The van der Waals surface area contributed by atoms with E-state index in [0.29, 0.717) is 13.2 Å². The lowest BCUT2D eigenvalue weighted by molar-refractivity contribution is 0.305. The maximum atomic E-state index is 5.98. The summed E-state index contributed by atoms with van der Waals surface area (Å²) in [5.74, 6) is 0.984. The molecule has 0 saturated heterocycles. The summed E-state index contributed by atoms with van der Waals surface area (Å²) in [4.78, 5) is 0. The van der Waals surface area contributed by atoms with Crippen molar-refractivity contribution >= 4 is 0 Å². The highest BCUT2D eigenvalue weighted by atomic mass is 16.5. The molecule has 0 heterocycles. The van der Waals surface area contributed by atoms with Crippen LogP contribution in [0.4, 0.5) is 0 Å². The molecule has 0 aromatic heterocycles. The molecule has 0 bridgehead atoms. The Kier molecular flexibility index (Phi) is 4.26. The summed E-state index contributed by atoms with van der Waals surface area (Å²) in [7, 11) is 0. The van der Waals surface area contributed by atoms with E-state index in [2.05, 4.69) is 43.3 Å². The number of hydrogen-bond acceptors (Lipinski definition) is 2. The minimum absolute atomic E-state index is 0.590. The van der Waals surface area contributed by atoms with Gasteiger partial charge in [-0.2, -0.15) is 0 Å². The fraction of sp³-hybridized carbons (Fsp3) is 0.368. The molecule has 0 aliphatic heterocycles. The molecule has 0 radical (unpaired) electrons. The molecule has 0 fully saturated rings. The van der Waals surface area contributed by atoms with Crippen LogP contribution in [0.2, 0.25) is 0 Å². The zero-order valence-corrected chi connectivity index (χ0v) is 12.7. The number of hydrogen-bond donors (Lipinski definition) is 1. The number of benzene rings is 2. The Labute approximate surface area is 126 Å². The van der Waals surface area contributed by atoms with Crippen molar-refractivity contribution in [1.29, 1.82) is 0 Å². The van der Waals surface area contributed by atoms with E-state index in [4.69, 9.17) is 10.5 Å². The Bertz CT molecular complexity index is 633. The molecule has 0 unspecified atom stereocenters. The summed E-state index contributed by atoms with van der Waals surface area (Å²) in [6.45, 7) is 3.33. The lowest BCUT2D eigenvalue weighted by Gasteiger charge is -2.17. The first-order valence-electron chi connectivity index (χ1n) is 7.79. The van der Waals surface area contributed by atoms with Gasteiger partial charge in [-0.3, -0.25) is 0 Å². The monoisotopic (exact) mass is 281 g/mol. The van der Waals surface area contributed by atoms with Crippen LogP contribution in [0.1, 0.15) is 40.7 Å². The molecule has 3 rings (SSSR count). The van der Waals surface area contributed by atoms with Gasteiger partial charge in [-0.1, -0.05) is 24.3 Å². The Morgan fingerprint density at radius 2 is 1.81 bits per heavy atom. The molecular formula is C19H23NO. The lowest BCUT2D eigenvalue weighted by atomic mass is 9.92. The molecule has 1 aliphatic rings. The average molecular weight is 281 g/mol. The van der Waals surface area contributed by atoms with E-state index in [1.165, 1.54) is 53.5 Å². The third-order valence-corrected chi connectivity index (χ3v) is 4.36. The maximum absolute atomic E-state index is 5.98. The molecular weight excluding hydrogens is 258 g/mol. The lowest BCUT2D eigenvalue weighted by Crippen LogP contribution is -2.04. The fourth-order valence-electron chi connectivity index (χ4n) is 3.01. The van der Waals surface area contributed by atoms with Gasteiger partial charge in [-0.05, 0) is 72.6 Å². The second-order valence-corrected chi connectivity index (χ2v) is 5.89. The molecule has 2 aromatic carbocycles. The van der Waals surface area contributed by atoms with Crippen molar-refractivity contribution in [2.24, 2.45) is 5.73 Å². The first-order valence-corrected chi connectivity index (χ1v) is 7.79. The second kappa shape index (κ2) is 6.31. The normalized spacial score (nSPS) is 13.8. The van der Waals surface area contributed by atoms with E-state index < -0.39 is 0 Å². The predicted octanol–water partition coefficient (Wildman–Crippen LogP) is 3.91. The summed E-state index contributed by atoms with van der Waals surface area (Å²) in [6, 6.07) is 12.9. The van der Waals surface area contributed by atoms with Gasteiger partial charge in [0.15, 0.2) is 0 Å². The zero-order valence-electron chi connectivity index (χ0n) is 12.7. The molecule has 2 N–H and O–H groups in total. The standard InChI is InChI=1S/C19H23NO/c1-14-10-15(12-20)6-7-18(14)13-21-19-9-8-16-4-2-3-5-17(16)11-19/h6-11H,2-5,12-13,20H2,1H3. The summed E-state index contributed by atoms with van der Waals surface area (Å²) in [5, 5.41) is 0. The Morgan fingerprint density at radius 1 is 1.00 bits per heavy atom. The second-order valence-electron chi connectivity index (χ2n) is 5.89. The first-order chi connectivity index (χ1) is 10.3. The third-order valence-electron chi connectivity index (χ3n) is 4.36.